The van der Waals surface area contributed by atoms with Crippen molar-refractivity contribution in [3.8, 4) is 0 Å². The lowest BCUT2D eigenvalue weighted by atomic mass is 9.99. The highest BCUT2D eigenvalue weighted by Crippen LogP contribution is 2.13. The highest BCUT2D eigenvalue weighted by atomic mass is 16.2. The van der Waals surface area contributed by atoms with E-state index < -0.39 is 18.1 Å². The standard InChI is InChI=1S/C18H18N2O3/c1-11-7-8-12(2)14(9-11)15(21)10-16(22)18(23)20-17-6-4-5-13(3)19-17/h4-9H,10H2,1-3H3,(H,19,20,23). The Morgan fingerprint density at radius 3 is 2.48 bits per heavy atom. The molecular formula is C18H18N2O3. The van der Waals surface area contributed by atoms with Crippen molar-refractivity contribution in [2.45, 2.75) is 27.2 Å². The van der Waals surface area contributed by atoms with Crippen LogP contribution >= 0.6 is 0 Å². The third-order valence-corrected chi connectivity index (χ3v) is 3.40. The maximum absolute atomic E-state index is 12.2. The summed E-state index contributed by atoms with van der Waals surface area (Å²) in [7, 11) is 0. The monoisotopic (exact) mass is 310 g/mol. The van der Waals surface area contributed by atoms with Crippen LogP contribution in [0.25, 0.3) is 0 Å². The van der Waals surface area contributed by atoms with Crippen LogP contribution in [0.15, 0.2) is 36.4 Å². The molecule has 0 spiro atoms. The average Bonchev–Trinajstić information content (AvgIpc) is 2.49. The molecule has 5 nitrogen and oxygen atoms in total. The summed E-state index contributed by atoms with van der Waals surface area (Å²) in [6.45, 7) is 5.45. The third-order valence-electron chi connectivity index (χ3n) is 3.40. The molecule has 23 heavy (non-hydrogen) atoms. The number of aryl methyl sites for hydroxylation is 3. The van der Waals surface area contributed by atoms with Gasteiger partial charge in [0.1, 0.15) is 5.82 Å². The van der Waals surface area contributed by atoms with E-state index in [0.717, 1.165) is 16.8 Å². The van der Waals surface area contributed by atoms with Crippen molar-refractivity contribution in [2.24, 2.45) is 0 Å². The maximum atomic E-state index is 12.2. The number of rotatable bonds is 5. The topological polar surface area (TPSA) is 76.1 Å². The van der Waals surface area contributed by atoms with Crippen molar-refractivity contribution < 1.29 is 14.4 Å². The number of benzene rings is 1. The molecule has 0 unspecified atom stereocenters. The fourth-order valence-corrected chi connectivity index (χ4v) is 2.16. The fourth-order valence-electron chi connectivity index (χ4n) is 2.16. The van der Waals surface area contributed by atoms with Gasteiger partial charge in [0.05, 0.1) is 6.42 Å². The number of hydrogen-bond donors (Lipinski definition) is 1. The summed E-state index contributed by atoms with van der Waals surface area (Å²) in [6.07, 6.45) is -0.456. The van der Waals surface area contributed by atoms with Crippen LogP contribution in [0.2, 0.25) is 0 Å². The molecule has 0 radical (unpaired) electrons. The molecule has 0 saturated carbocycles. The quantitative estimate of drug-likeness (QED) is 0.523. The van der Waals surface area contributed by atoms with Crippen molar-refractivity contribution in [3.05, 3.63) is 58.8 Å². The minimum Gasteiger partial charge on any atom is -0.304 e. The molecule has 1 heterocycles. The number of hydrogen-bond acceptors (Lipinski definition) is 4. The first-order chi connectivity index (χ1) is 10.9. The molecule has 2 rings (SSSR count). The molecule has 0 aliphatic heterocycles. The van der Waals surface area contributed by atoms with Gasteiger partial charge in [-0.3, -0.25) is 14.4 Å². The van der Waals surface area contributed by atoms with E-state index in [2.05, 4.69) is 10.3 Å². The van der Waals surface area contributed by atoms with Crippen molar-refractivity contribution in [2.75, 3.05) is 5.32 Å². The zero-order chi connectivity index (χ0) is 17.0. The summed E-state index contributed by atoms with van der Waals surface area (Å²) in [5, 5.41) is 2.41. The summed E-state index contributed by atoms with van der Waals surface area (Å²) >= 11 is 0. The van der Waals surface area contributed by atoms with Gasteiger partial charge < -0.3 is 5.32 Å². The van der Waals surface area contributed by atoms with Gasteiger partial charge in [0.25, 0.3) is 5.91 Å². The van der Waals surface area contributed by atoms with Crippen LogP contribution in [-0.4, -0.2) is 22.5 Å². The Kier molecular flexibility index (Phi) is 5.01. The van der Waals surface area contributed by atoms with E-state index in [4.69, 9.17) is 0 Å². The third kappa shape index (κ3) is 4.32. The van der Waals surface area contributed by atoms with Crippen LogP contribution in [-0.2, 0) is 9.59 Å². The number of aromatic nitrogens is 1. The van der Waals surface area contributed by atoms with Gasteiger partial charge in [0, 0.05) is 11.3 Å². The Labute approximate surface area is 134 Å². The minimum absolute atomic E-state index is 0.294. The van der Waals surface area contributed by atoms with Crippen LogP contribution in [0.1, 0.15) is 33.6 Å². The molecule has 1 amide bonds. The lowest BCUT2D eigenvalue weighted by Gasteiger charge is -2.07. The molecule has 0 fully saturated rings. The van der Waals surface area contributed by atoms with E-state index in [1.54, 1.807) is 38.1 Å². The molecule has 0 aliphatic rings. The molecule has 2 aromatic rings. The predicted octanol–water partition coefficient (Wildman–Crippen LogP) is 2.79. The van der Waals surface area contributed by atoms with E-state index in [9.17, 15) is 14.4 Å². The summed E-state index contributed by atoms with van der Waals surface area (Å²) in [6, 6.07) is 10.5. The summed E-state index contributed by atoms with van der Waals surface area (Å²) < 4.78 is 0. The SMILES string of the molecule is Cc1ccc(C)c(C(=O)CC(=O)C(=O)Nc2cccc(C)n2)c1. The summed E-state index contributed by atoms with van der Waals surface area (Å²) in [4.78, 5) is 40.2. The predicted molar refractivity (Wildman–Crippen MR) is 87.5 cm³/mol. The van der Waals surface area contributed by atoms with Gasteiger partial charge in [-0.2, -0.15) is 0 Å². The molecule has 118 valence electrons. The van der Waals surface area contributed by atoms with Crippen molar-refractivity contribution in [3.63, 3.8) is 0 Å². The summed E-state index contributed by atoms with van der Waals surface area (Å²) in [5.74, 6) is -1.67. The number of nitrogens with one attached hydrogen (secondary N) is 1. The van der Waals surface area contributed by atoms with Crippen molar-refractivity contribution in [1.82, 2.24) is 4.98 Å². The van der Waals surface area contributed by atoms with E-state index in [0.29, 0.717) is 11.4 Å². The van der Waals surface area contributed by atoms with Crippen LogP contribution in [0.4, 0.5) is 5.82 Å². The van der Waals surface area contributed by atoms with Crippen LogP contribution < -0.4 is 5.32 Å². The van der Waals surface area contributed by atoms with Gasteiger partial charge in [-0.15, -0.1) is 0 Å². The molecule has 0 saturated heterocycles. The smallest absolute Gasteiger partial charge is 0.293 e. The van der Waals surface area contributed by atoms with E-state index >= 15 is 0 Å². The van der Waals surface area contributed by atoms with E-state index in [1.165, 1.54) is 0 Å². The Bertz CT molecular complexity index is 782. The Balaban J connectivity index is 2.04. The molecule has 5 heteroatoms. The van der Waals surface area contributed by atoms with Crippen LogP contribution in [0.3, 0.4) is 0 Å². The largest absolute Gasteiger partial charge is 0.304 e. The molecular weight excluding hydrogens is 292 g/mol. The number of pyridine rings is 1. The Morgan fingerprint density at radius 2 is 1.78 bits per heavy atom. The number of carbonyl (C=O) groups is 3. The first-order valence-electron chi connectivity index (χ1n) is 7.25. The molecule has 1 aromatic carbocycles. The first kappa shape index (κ1) is 16.5. The minimum atomic E-state index is -0.832. The highest BCUT2D eigenvalue weighted by molar-refractivity contribution is 6.43. The van der Waals surface area contributed by atoms with E-state index in [1.807, 2.05) is 19.1 Å². The van der Waals surface area contributed by atoms with Gasteiger partial charge in [0.2, 0.25) is 5.78 Å². The number of amides is 1. The highest BCUT2D eigenvalue weighted by Gasteiger charge is 2.20. The molecule has 0 aliphatic carbocycles. The Morgan fingerprint density at radius 1 is 1.04 bits per heavy atom. The van der Waals surface area contributed by atoms with Gasteiger partial charge in [-0.05, 0) is 44.5 Å². The molecule has 0 bridgehead atoms. The molecule has 1 aromatic heterocycles. The number of Topliss-reactive ketones (excluding diaryl/α,β-unsaturated/α-hetero) is 2. The second kappa shape index (κ2) is 6.96. The second-order valence-corrected chi connectivity index (χ2v) is 5.46. The van der Waals surface area contributed by atoms with Crippen LogP contribution in [0, 0.1) is 20.8 Å². The number of ketones is 2. The lowest BCUT2D eigenvalue weighted by Crippen LogP contribution is -2.25. The maximum Gasteiger partial charge on any atom is 0.293 e. The van der Waals surface area contributed by atoms with Gasteiger partial charge >= 0.3 is 0 Å². The fraction of sp³-hybridized carbons (Fsp3) is 0.222. The van der Waals surface area contributed by atoms with E-state index in [-0.39, 0.29) is 5.78 Å². The van der Waals surface area contributed by atoms with Gasteiger partial charge in [-0.1, -0.05) is 23.8 Å². The zero-order valence-corrected chi connectivity index (χ0v) is 13.3. The number of carbonyl (C=O) groups excluding carboxylic acids is 3. The Hall–Kier alpha value is -2.82. The van der Waals surface area contributed by atoms with Gasteiger partial charge in [-0.25, -0.2) is 4.98 Å². The van der Waals surface area contributed by atoms with Gasteiger partial charge in [0.15, 0.2) is 5.78 Å². The average molecular weight is 310 g/mol. The van der Waals surface area contributed by atoms with Crippen LogP contribution in [0.5, 0.6) is 0 Å². The molecule has 0 atom stereocenters. The van der Waals surface area contributed by atoms with Crippen molar-refractivity contribution >= 4 is 23.3 Å². The number of nitrogens with zero attached hydrogens (tertiary/aromatic N) is 1. The normalized spacial score (nSPS) is 10.2. The summed E-state index contributed by atoms with van der Waals surface area (Å²) in [5.41, 5.74) is 2.91. The zero-order valence-electron chi connectivity index (χ0n) is 13.3. The van der Waals surface area contributed by atoms with Crippen molar-refractivity contribution in [1.29, 1.82) is 0 Å². The number of anilines is 1. The first-order valence-corrected chi connectivity index (χ1v) is 7.25. The lowest BCUT2D eigenvalue weighted by molar-refractivity contribution is -0.134. The molecule has 1 N–H and O–H groups in total. The second-order valence-electron chi connectivity index (χ2n) is 5.46.